The molecule has 1 heterocycles. The van der Waals surface area contributed by atoms with Gasteiger partial charge in [-0.15, -0.1) is 0 Å². The Morgan fingerprint density at radius 3 is 2.35 bits per heavy atom. The molecule has 1 aliphatic heterocycles. The predicted molar refractivity (Wildman–Crippen MR) is 131 cm³/mol. The van der Waals surface area contributed by atoms with Gasteiger partial charge in [0.15, 0.2) is 0 Å². The zero-order chi connectivity index (χ0) is 24.3. The highest BCUT2D eigenvalue weighted by atomic mass is 16.5. The van der Waals surface area contributed by atoms with Crippen LogP contribution in [-0.4, -0.2) is 41.0 Å². The van der Waals surface area contributed by atoms with Crippen molar-refractivity contribution in [1.29, 1.82) is 0 Å². The lowest BCUT2D eigenvalue weighted by atomic mass is 9.79. The summed E-state index contributed by atoms with van der Waals surface area (Å²) in [5, 5.41) is 2.21. The molecule has 1 aliphatic rings. The second-order valence-corrected chi connectivity index (χ2v) is 9.13. The van der Waals surface area contributed by atoms with E-state index < -0.39 is 23.6 Å². The van der Waals surface area contributed by atoms with Crippen molar-refractivity contribution in [3.63, 3.8) is 0 Å². The molecule has 3 amide bonds. The fraction of sp³-hybridized carbons (Fsp3) is 0.250. The van der Waals surface area contributed by atoms with Crippen LogP contribution in [0, 0.1) is 5.41 Å². The third-order valence-electron chi connectivity index (χ3n) is 6.20. The molecule has 0 aromatic heterocycles. The standard InChI is InChI=1S/C28H28N2O4/c1-28(2,19-22-14-9-13-21-12-7-8-15-23(21)22)26-29(27(33)34-3)17-16-24(31)30(26)25(32)18-20-10-5-4-6-11-20/h4-17,26H,18-19H2,1-3H3/t26-/m1/s1. The van der Waals surface area contributed by atoms with Gasteiger partial charge in [-0.2, -0.15) is 0 Å². The number of carbonyl (C=O) groups is 3. The highest BCUT2D eigenvalue weighted by molar-refractivity contribution is 6.03. The third kappa shape index (κ3) is 4.57. The van der Waals surface area contributed by atoms with Gasteiger partial charge in [0.25, 0.3) is 5.91 Å². The molecule has 0 fully saturated rings. The molecule has 0 saturated carbocycles. The van der Waals surface area contributed by atoms with Crippen LogP contribution in [0.1, 0.15) is 25.0 Å². The van der Waals surface area contributed by atoms with Gasteiger partial charge < -0.3 is 4.74 Å². The Balaban J connectivity index is 1.74. The zero-order valence-corrected chi connectivity index (χ0v) is 19.6. The first-order valence-corrected chi connectivity index (χ1v) is 11.2. The monoisotopic (exact) mass is 456 g/mol. The van der Waals surface area contributed by atoms with Gasteiger partial charge in [-0.05, 0) is 28.3 Å². The van der Waals surface area contributed by atoms with E-state index in [0.29, 0.717) is 6.42 Å². The van der Waals surface area contributed by atoms with Crippen LogP contribution in [0.3, 0.4) is 0 Å². The Labute approximate surface area is 199 Å². The van der Waals surface area contributed by atoms with Gasteiger partial charge in [0, 0.05) is 17.7 Å². The maximum Gasteiger partial charge on any atom is 0.415 e. The van der Waals surface area contributed by atoms with Gasteiger partial charge in [-0.25, -0.2) is 4.79 Å². The number of benzene rings is 3. The Morgan fingerprint density at radius 1 is 0.941 bits per heavy atom. The summed E-state index contributed by atoms with van der Waals surface area (Å²) in [5.74, 6) is -0.817. The van der Waals surface area contributed by atoms with Crippen LogP contribution in [0.5, 0.6) is 0 Å². The molecular formula is C28H28N2O4. The normalized spacial score (nSPS) is 16.1. The molecule has 0 N–H and O–H groups in total. The average Bonchev–Trinajstić information content (AvgIpc) is 2.84. The zero-order valence-electron chi connectivity index (χ0n) is 19.6. The van der Waals surface area contributed by atoms with Crippen LogP contribution in [0.4, 0.5) is 4.79 Å². The second kappa shape index (κ2) is 9.51. The summed E-state index contributed by atoms with van der Waals surface area (Å²) in [7, 11) is 1.29. The molecule has 0 unspecified atom stereocenters. The summed E-state index contributed by atoms with van der Waals surface area (Å²) >= 11 is 0. The fourth-order valence-electron chi connectivity index (χ4n) is 4.69. The first kappa shape index (κ1) is 23.2. The minimum Gasteiger partial charge on any atom is -0.452 e. The Bertz CT molecular complexity index is 1240. The van der Waals surface area contributed by atoms with Crippen molar-refractivity contribution in [3.05, 3.63) is 96.2 Å². The SMILES string of the molecule is COC(=O)N1C=CC(=O)N(C(=O)Cc2ccccc2)[C@@H]1C(C)(C)Cc1cccc2ccccc12. The highest BCUT2D eigenvalue weighted by Crippen LogP contribution is 2.37. The number of fused-ring (bicyclic) bond motifs is 1. The minimum absolute atomic E-state index is 0.0519. The molecular weight excluding hydrogens is 428 g/mol. The minimum atomic E-state index is -0.854. The van der Waals surface area contributed by atoms with Gasteiger partial charge >= 0.3 is 6.09 Å². The molecule has 6 nitrogen and oxygen atoms in total. The second-order valence-electron chi connectivity index (χ2n) is 9.13. The number of carbonyl (C=O) groups excluding carboxylic acids is 3. The maximum absolute atomic E-state index is 13.4. The number of hydrogen-bond acceptors (Lipinski definition) is 4. The molecule has 6 heteroatoms. The van der Waals surface area contributed by atoms with Gasteiger partial charge in [0.2, 0.25) is 5.91 Å². The summed E-state index contributed by atoms with van der Waals surface area (Å²) in [5.41, 5.74) is 1.18. The van der Waals surface area contributed by atoms with Crippen LogP contribution in [-0.2, 0) is 27.2 Å². The Hall–Kier alpha value is -3.93. The summed E-state index contributed by atoms with van der Waals surface area (Å²) in [6, 6.07) is 23.4. The Kier molecular flexibility index (Phi) is 6.50. The Morgan fingerprint density at radius 2 is 1.62 bits per heavy atom. The molecule has 174 valence electrons. The van der Waals surface area contributed by atoms with E-state index in [-0.39, 0.29) is 12.3 Å². The van der Waals surface area contributed by atoms with Crippen molar-refractivity contribution in [1.82, 2.24) is 9.80 Å². The number of amides is 3. The van der Waals surface area contributed by atoms with Crippen LogP contribution >= 0.6 is 0 Å². The molecule has 1 atom stereocenters. The first-order valence-electron chi connectivity index (χ1n) is 11.2. The molecule has 0 saturated heterocycles. The van der Waals surface area contributed by atoms with Crippen LogP contribution in [0.2, 0.25) is 0 Å². The van der Waals surface area contributed by atoms with E-state index in [0.717, 1.165) is 21.9 Å². The molecule has 0 radical (unpaired) electrons. The van der Waals surface area contributed by atoms with Crippen molar-refractivity contribution in [2.75, 3.05) is 7.11 Å². The predicted octanol–water partition coefficient (Wildman–Crippen LogP) is 4.93. The van der Waals surface area contributed by atoms with E-state index in [1.54, 1.807) is 0 Å². The van der Waals surface area contributed by atoms with Gasteiger partial charge in [0.05, 0.1) is 13.5 Å². The number of methoxy groups -OCH3 is 1. The summed E-state index contributed by atoms with van der Waals surface area (Å²) < 4.78 is 5.00. The van der Waals surface area contributed by atoms with Crippen LogP contribution < -0.4 is 0 Å². The summed E-state index contributed by atoms with van der Waals surface area (Å²) in [6.07, 6.45) is 1.75. The number of ether oxygens (including phenoxy) is 1. The van der Waals surface area contributed by atoms with Gasteiger partial charge in [-0.3, -0.25) is 19.4 Å². The highest BCUT2D eigenvalue weighted by Gasteiger charge is 2.47. The number of hydrogen-bond donors (Lipinski definition) is 0. The molecule has 0 aliphatic carbocycles. The van der Waals surface area contributed by atoms with Crippen molar-refractivity contribution < 1.29 is 19.1 Å². The van der Waals surface area contributed by atoms with Crippen molar-refractivity contribution in [2.24, 2.45) is 5.41 Å². The lowest BCUT2D eigenvalue weighted by Crippen LogP contribution is -2.62. The fourth-order valence-corrected chi connectivity index (χ4v) is 4.69. The topological polar surface area (TPSA) is 66.9 Å². The van der Waals surface area contributed by atoms with Crippen molar-refractivity contribution in [2.45, 2.75) is 32.9 Å². The molecule has 3 aromatic rings. The van der Waals surface area contributed by atoms with E-state index in [2.05, 4.69) is 18.2 Å². The maximum atomic E-state index is 13.4. The summed E-state index contributed by atoms with van der Waals surface area (Å²) in [4.78, 5) is 41.8. The van der Waals surface area contributed by atoms with E-state index >= 15 is 0 Å². The third-order valence-corrected chi connectivity index (χ3v) is 6.20. The molecule has 4 rings (SSSR count). The average molecular weight is 457 g/mol. The van der Waals surface area contributed by atoms with Gasteiger partial charge in [0.1, 0.15) is 6.17 Å². The summed E-state index contributed by atoms with van der Waals surface area (Å²) in [6.45, 7) is 3.93. The van der Waals surface area contributed by atoms with E-state index in [1.807, 2.05) is 68.4 Å². The molecule has 0 bridgehead atoms. The number of nitrogens with zero attached hydrogens (tertiary/aromatic N) is 2. The van der Waals surface area contributed by atoms with Crippen LogP contribution in [0.25, 0.3) is 10.8 Å². The number of rotatable bonds is 5. The van der Waals surface area contributed by atoms with Gasteiger partial charge in [-0.1, -0.05) is 86.6 Å². The molecule has 3 aromatic carbocycles. The van der Waals surface area contributed by atoms with Crippen molar-refractivity contribution in [3.8, 4) is 0 Å². The smallest absolute Gasteiger partial charge is 0.415 e. The van der Waals surface area contributed by atoms with E-state index in [9.17, 15) is 14.4 Å². The number of imide groups is 1. The lowest BCUT2D eigenvalue weighted by molar-refractivity contribution is -0.153. The van der Waals surface area contributed by atoms with Crippen LogP contribution in [0.15, 0.2) is 85.1 Å². The molecule has 0 spiro atoms. The quantitative estimate of drug-likeness (QED) is 0.546. The van der Waals surface area contributed by atoms with E-state index in [1.165, 1.54) is 29.2 Å². The van der Waals surface area contributed by atoms with Crippen molar-refractivity contribution >= 4 is 28.7 Å². The lowest BCUT2D eigenvalue weighted by Gasteiger charge is -2.47. The first-order chi connectivity index (χ1) is 16.3. The largest absolute Gasteiger partial charge is 0.452 e. The van der Waals surface area contributed by atoms with E-state index in [4.69, 9.17) is 4.74 Å². The molecule has 34 heavy (non-hydrogen) atoms.